The molecule has 0 fully saturated rings. The van der Waals surface area contributed by atoms with Crippen LogP contribution >= 0.6 is 23.8 Å². The molecule has 0 amide bonds. The van der Waals surface area contributed by atoms with Gasteiger partial charge in [-0.1, -0.05) is 41.9 Å². The van der Waals surface area contributed by atoms with Gasteiger partial charge in [-0.2, -0.15) is 5.26 Å². The number of nitrogens with zero attached hydrogens (tertiary/aromatic N) is 1. The summed E-state index contributed by atoms with van der Waals surface area (Å²) < 4.78 is 19.1. The van der Waals surface area contributed by atoms with Crippen LogP contribution in [0.15, 0.2) is 60.7 Å². The molecule has 3 aromatic carbocycles. The molecule has 1 N–H and O–H groups in total. The molecule has 0 saturated carbocycles. The van der Waals surface area contributed by atoms with Gasteiger partial charge in [-0.3, -0.25) is 0 Å². The van der Waals surface area contributed by atoms with Crippen molar-refractivity contribution in [1.82, 2.24) is 0 Å². The van der Waals surface area contributed by atoms with E-state index in [2.05, 4.69) is 11.4 Å². The molecule has 0 radical (unpaired) electrons. The number of nitriles is 1. The van der Waals surface area contributed by atoms with Gasteiger partial charge in [0, 0.05) is 11.1 Å². The monoisotopic (exact) mass is 394 g/mol. The molecule has 1 atom stereocenters. The lowest BCUT2D eigenvalue weighted by molar-refractivity contribution is 0.234. The smallest absolute Gasteiger partial charge is 0.262 e. The van der Waals surface area contributed by atoms with Gasteiger partial charge >= 0.3 is 0 Å². The van der Waals surface area contributed by atoms with Crippen LogP contribution in [0.4, 0.5) is 10.1 Å². The van der Waals surface area contributed by atoms with Gasteiger partial charge in [0.2, 0.25) is 0 Å². The molecule has 0 aromatic heterocycles. The summed E-state index contributed by atoms with van der Waals surface area (Å²) in [5.41, 5.74) is 4.35. The maximum Gasteiger partial charge on any atom is 0.262 e. The topological polar surface area (TPSA) is 45.0 Å². The number of hydrogen-bond acceptors (Lipinski definition) is 3. The van der Waals surface area contributed by atoms with Crippen molar-refractivity contribution in [2.24, 2.45) is 0 Å². The van der Waals surface area contributed by atoms with Gasteiger partial charge in [0.05, 0.1) is 22.3 Å². The SMILES string of the molecule is N#Cc1cccc(-c2ccc3c(c2Cl)C(c2ccc(F)cc2)OC(=S)N3)c1. The maximum absolute atomic E-state index is 13.3. The van der Waals surface area contributed by atoms with Crippen LogP contribution in [0.2, 0.25) is 5.02 Å². The molecule has 4 rings (SSSR count). The molecule has 1 aliphatic rings. The molecule has 1 heterocycles. The average Bonchev–Trinajstić information content (AvgIpc) is 2.68. The first-order chi connectivity index (χ1) is 13.1. The predicted molar refractivity (Wildman–Crippen MR) is 107 cm³/mol. The number of thiocarbonyl (C=S) groups is 1. The van der Waals surface area contributed by atoms with Crippen molar-refractivity contribution in [1.29, 1.82) is 5.26 Å². The highest BCUT2D eigenvalue weighted by molar-refractivity contribution is 7.80. The van der Waals surface area contributed by atoms with E-state index >= 15 is 0 Å². The second kappa shape index (κ2) is 6.99. The fraction of sp³-hybridized carbons (Fsp3) is 0.0476. The summed E-state index contributed by atoms with van der Waals surface area (Å²) in [6.45, 7) is 0. The molecule has 0 bridgehead atoms. The summed E-state index contributed by atoms with van der Waals surface area (Å²) in [6, 6.07) is 19.1. The Hall–Kier alpha value is -2.94. The Bertz CT molecular complexity index is 1090. The zero-order chi connectivity index (χ0) is 19.0. The Labute approximate surface area is 166 Å². The molecule has 132 valence electrons. The summed E-state index contributed by atoms with van der Waals surface area (Å²) >= 11 is 12.0. The number of anilines is 1. The molecule has 6 heteroatoms. The summed E-state index contributed by atoms with van der Waals surface area (Å²) in [4.78, 5) is 0. The van der Waals surface area contributed by atoms with E-state index < -0.39 is 6.10 Å². The van der Waals surface area contributed by atoms with Crippen LogP contribution in [0, 0.1) is 17.1 Å². The molecule has 0 spiro atoms. The molecule has 1 unspecified atom stereocenters. The van der Waals surface area contributed by atoms with Crippen LogP contribution in [-0.4, -0.2) is 5.17 Å². The zero-order valence-electron chi connectivity index (χ0n) is 13.9. The first-order valence-electron chi connectivity index (χ1n) is 8.13. The highest BCUT2D eigenvalue weighted by atomic mass is 35.5. The normalized spacial score (nSPS) is 15.3. The Morgan fingerprint density at radius 1 is 1.11 bits per heavy atom. The highest BCUT2D eigenvalue weighted by Crippen LogP contribution is 2.44. The van der Waals surface area contributed by atoms with Crippen LogP contribution in [0.3, 0.4) is 0 Å². The lowest BCUT2D eigenvalue weighted by Crippen LogP contribution is -2.25. The summed E-state index contributed by atoms with van der Waals surface area (Å²) in [5.74, 6) is -0.330. The number of hydrogen-bond donors (Lipinski definition) is 1. The van der Waals surface area contributed by atoms with Gasteiger partial charge in [-0.15, -0.1) is 0 Å². The Kier molecular flexibility index (Phi) is 4.53. The van der Waals surface area contributed by atoms with Crippen LogP contribution in [0.1, 0.15) is 22.8 Å². The van der Waals surface area contributed by atoms with Crippen molar-refractivity contribution in [3.8, 4) is 17.2 Å². The molecule has 0 saturated heterocycles. The number of fused-ring (bicyclic) bond motifs is 1. The average molecular weight is 395 g/mol. The number of rotatable bonds is 2. The van der Waals surface area contributed by atoms with E-state index in [9.17, 15) is 4.39 Å². The first kappa shape index (κ1) is 17.5. The highest BCUT2D eigenvalue weighted by Gasteiger charge is 2.29. The van der Waals surface area contributed by atoms with E-state index in [-0.39, 0.29) is 11.0 Å². The van der Waals surface area contributed by atoms with Crippen molar-refractivity contribution in [2.75, 3.05) is 5.32 Å². The summed E-state index contributed by atoms with van der Waals surface area (Å²) in [5, 5.41) is 12.9. The molecule has 0 aliphatic carbocycles. The van der Waals surface area contributed by atoms with E-state index in [1.807, 2.05) is 24.3 Å². The third-order valence-corrected chi connectivity index (χ3v) is 4.98. The minimum Gasteiger partial charge on any atom is -0.458 e. The fourth-order valence-corrected chi connectivity index (χ4v) is 3.69. The van der Waals surface area contributed by atoms with Crippen molar-refractivity contribution in [3.05, 3.63) is 88.2 Å². The van der Waals surface area contributed by atoms with E-state index in [0.29, 0.717) is 10.6 Å². The lowest BCUT2D eigenvalue weighted by Gasteiger charge is -2.30. The van der Waals surface area contributed by atoms with Gasteiger partial charge in [-0.05, 0) is 53.7 Å². The van der Waals surface area contributed by atoms with Crippen molar-refractivity contribution < 1.29 is 9.13 Å². The Morgan fingerprint density at radius 2 is 1.89 bits per heavy atom. The van der Waals surface area contributed by atoms with Gasteiger partial charge in [0.25, 0.3) is 5.17 Å². The number of benzene rings is 3. The number of nitrogens with one attached hydrogen (secondary N) is 1. The van der Waals surface area contributed by atoms with E-state index in [4.69, 9.17) is 33.8 Å². The van der Waals surface area contributed by atoms with Crippen LogP contribution in [0.25, 0.3) is 11.1 Å². The van der Waals surface area contributed by atoms with Crippen LogP contribution < -0.4 is 5.32 Å². The molecule has 27 heavy (non-hydrogen) atoms. The second-order valence-corrected chi connectivity index (χ2v) is 6.79. The quantitative estimate of drug-likeness (QED) is 0.555. The largest absolute Gasteiger partial charge is 0.458 e. The minimum absolute atomic E-state index is 0.229. The molecule has 3 aromatic rings. The van der Waals surface area contributed by atoms with Crippen molar-refractivity contribution in [3.63, 3.8) is 0 Å². The molecule has 3 nitrogen and oxygen atoms in total. The van der Waals surface area contributed by atoms with Crippen LogP contribution in [0.5, 0.6) is 0 Å². The second-order valence-electron chi connectivity index (χ2n) is 6.04. The maximum atomic E-state index is 13.3. The van der Waals surface area contributed by atoms with Crippen LogP contribution in [-0.2, 0) is 4.74 Å². The van der Waals surface area contributed by atoms with Gasteiger partial charge < -0.3 is 10.1 Å². The molecule has 1 aliphatic heterocycles. The van der Waals surface area contributed by atoms with E-state index in [1.165, 1.54) is 12.1 Å². The first-order valence-corrected chi connectivity index (χ1v) is 8.91. The van der Waals surface area contributed by atoms with Gasteiger partial charge in [0.15, 0.2) is 6.10 Å². The van der Waals surface area contributed by atoms with E-state index in [0.717, 1.165) is 27.9 Å². The van der Waals surface area contributed by atoms with Gasteiger partial charge in [-0.25, -0.2) is 4.39 Å². The molecular formula is C21H12ClFN2OS. The zero-order valence-corrected chi connectivity index (χ0v) is 15.4. The Balaban J connectivity index is 1.88. The van der Waals surface area contributed by atoms with Crippen molar-refractivity contribution in [2.45, 2.75) is 6.10 Å². The Morgan fingerprint density at radius 3 is 2.63 bits per heavy atom. The summed E-state index contributed by atoms with van der Waals surface area (Å²) in [6.07, 6.45) is -0.555. The van der Waals surface area contributed by atoms with Gasteiger partial charge in [0.1, 0.15) is 5.82 Å². The summed E-state index contributed by atoms with van der Waals surface area (Å²) in [7, 11) is 0. The minimum atomic E-state index is -0.555. The lowest BCUT2D eigenvalue weighted by atomic mass is 9.93. The predicted octanol–water partition coefficient (Wildman–Crippen LogP) is 5.83. The fourth-order valence-electron chi connectivity index (χ4n) is 3.12. The third kappa shape index (κ3) is 3.25. The molecular weight excluding hydrogens is 383 g/mol. The standard InChI is InChI=1S/C21H12ClFN2OS/c22-19-16(14-3-1-2-12(10-14)11-24)8-9-17-18(19)20(26-21(27)25-17)13-4-6-15(23)7-5-13/h1-10,20H,(H,25,27). The number of halogens is 2. The third-order valence-electron chi connectivity index (χ3n) is 4.38. The number of ether oxygens (including phenoxy) is 1. The van der Waals surface area contributed by atoms with E-state index in [1.54, 1.807) is 24.3 Å². The van der Waals surface area contributed by atoms with Crippen molar-refractivity contribution >= 4 is 34.7 Å².